The maximum atomic E-state index is 4.94. The molecule has 94 valence electrons. The van der Waals surface area contributed by atoms with Gasteiger partial charge in [0.05, 0.1) is 7.05 Å². The Hall–Kier alpha value is -2.10. The minimum atomic E-state index is 0.692. The van der Waals surface area contributed by atoms with Crippen LogP contribution in [0.2, 0.25) is 0 Å². The van der Waals surface area contributed by atoms with Crippen LogP contribution in [0.3, 0.4) is 0 Å². The molecule has 18 heavy (non-hydrogen) atoms. The molecule has 0 aliphatic rings. The Morgan fingerprint density at radius 2 is 2.06 bits per heavy atom. The molecule has 0 aliphatic heterocycles. The Morgan fingerprint density at radius 1 is 1.33 bits per heavy atom. The van der Waals surface area contributed by atoms with Gasteiger partial charge in [-0.1, -0.05) is 35.0 Å². The first kappa shape index (κ1) is 12.4. The van der Waals surface area contributed by atoms with E-state index in [2.05, 4.69) is 40.9 Å². The average molecular weight is 244 g/mol. The average Bonchev–Trinajstić information content (AvgIpc) is 2.75. The third kappa shape index (κ3) is 2.97. The van der Waals surface area contributed by atoms with Gasteiger partial charge < -0.3 is 4.84 Å². The summed E-state index contributed by atoms with van der Waals surface area (Å²) < 4.78 is 4.07. The van der Waals surface area contributed by atoms with Crippen LogP contribution in [-0.2, 0) is 18.4 Å². The van der Waals surface area contributed by atoms with Crippen molar-refractivity contribution in [2.75, 3.05) is 7.11 Å². The van der Waals surface area contributed by atoms with Crippen LogP contribution in [0, 0.1) is 6.92 Å². The van der Waals surface area contributed by atoms with E-state index in [-0.39, 0.29) is 0 Å². The van der Waals surface area contributed by atoms with Crippen LogP contribution >= 0.6 is 0 Å². The maximum Gasteiger partial charge on any atom is 0.243 e. The Morgan fingerprint density at radius 3 is 2.61 bits per heavy atom. The molecule has 0 saturated heterocycles. The Labute approximate surface area is 107 Å². The molecule has 0 fully saturated rings. The van der Waals surface area contributed by atoms with E-state index in [1.165, 1.54) is 5.56 Å². The van der Waals surface area contributed by atoms with Gasteiger partial charge in [0.25, 0.3) is 0 Å². The van der Waals surface area contributed by atoms with Crippen LogP contribution in [0.25, 0.3) is 0 Å². The van der Waals surface area contributed by atoms with E-state index in [4.69, 9.17) is 4.84 Å². The topological polar surface area (TPSA) is 30.4 Å². The fourth-order valence-corrected chi connectivity index (χ4v) is 1.80. The van der Waals surface area contributed by atoms with E-state index in [1.54, 1.807) is 7.11 Å². The molecule has 0 atom stereocenters. The van der Waals surface area contributed by atoms with Gasteiger partial charge in [-0.05, 0) is 6.92 Å². The number of oxime groups is 1. The number of imidazole rings is 1. The van der Waals surface area contributed by atoms with E-state index in [9.17, 15) is 0 Å². The van der Waals surface area contributed by atoms with E-state index in [1.807, 2.05) is 30.3 Å². The van der Waals surface area contributed by atoms with Crippen molar-refractivity contribution >= 4 is 5.71 Å². The van der Waals surface area contributed by atoms with Crippen LogP contribution in [0.4, 0.5) is 0 Å². The van der Waals surface area contributed by atoms with Gasteiger partial charge in [0.1, 0.15) is 31.8 Å². The highest BCUT2D eigenvalue weighted by molar-refractivity contribution is 6.00. The lowest BCUT2D eigenvalue weighted by Crippen LogP contribution is -2.24. The maximum absolute atomic E-state index is 4.94. The number of benzene rings is 1. The lowest BCUT2D eigenvalue weighted by Gasteiger charge is -2.04. The summed E-state index contributed by atoms with van der Waals surface area (Å²) in [6.07, 6.45) is 6.03. The molecule has 0 N–H and O–H groups in total. The standard InChI is InChI=1S/C14H18N3O/c1-12-4-6-13(7-5-12)14(15-18-3)10-17-9-8-16(2)11-17/h4-9,11H,10H2,1-3H3/q+1/b15-14-. The minimum Gasteiger partial charge on any atom is -0.399 e. The van der Waals surface area contributed by atoms with E-state index in [0.29, 0.717) is 6.54 Å². The normalized spacial score (nSPS) is 11.6. The van der Waals surface area contributed by atoms with Gasteiger partial charge >= 0.3 is 0 Å². The molecular formula is C14H18N3O+. The smallest absolute Gasteiger partial charge is 0.243 e. The van der Waals surface area contributed by atoms with Crippen molar-refractivity contribution < 1.29 is 9.40 Å². The third-order valence-electron chi connectivity index (χ3n) is 2.74. The molecule has 0 spiro atoms. The van der Waals surface area contributed by atoms with Gasteiger partial charge in [0, 0.05) is 5.56 Å². The zero-order chi connectivity index (χ0) is 13.0. The Balaban J connectivity index is 2.23. The van der Waals surface area contributed by atoms with E-state index >= 15 is 0 Å². The van der Waals surface area contributed by atoms with Crippen molar-refractivity contribution in [1.29, 1.82) is 0 Å². The number of hydrogen-bond acceptors (Lipinski definition) is 2. The highest BCUT2D eigenvalue weighted by atomic mass is 16.6. The fourth-order valence-electron chi connectivity index (χ4n) is 1.80. The van der Waals surface area contributed by atoms with Crippen LogP contribution in [0.15, 0.2) is 48.1 Å². The van der Waals surface area contributed by atoms with Gasteiger partial charge in [0.15, 0.2) is 0 Å². The molecule has 0 bridgehead atoms. The van der Waals surface area contributed by atoms with Gasteiger partial charge in [-0.2, -0.15) is 0 Å². The second kappa shape index (κ2) is 5.49. The second-order valence-corrected chi connectivity index (χ2v) is 4.34. The molecule has 0 amide bonds. The summed E-state index contributed by atoms with van der Waals surface area (Å²) in [4.78, 5) is 4.94. The molecule has 1 heterocycles. The number of hydrogen-bond donors (Lipinski definition) is 0. The summed E-state index contributed by atoms with van der Waals surface area (Å²) >= 11 is 0. The largest absolute Gasteiger partial charge is 0.399 e. The van der Waals surface area contributed by atoms with Crippen molar-refractivity contribution in [3.05, 3.63) is 54.1 Å². The molecule has 0 saturated carbocycles. The molecule has 4 nitrogen and oxygen atoms in total. The van der Waals surface area contributed by atoms with Crippen molar-refractivity contribution in [3.63, 3.8) is 0 Å². The van der Waals surface area contributed by atoms with Crippen LogP contribution in [0.5, 0.6) is 0 Å². The monoisotopic (exact) mass is 244 g/mol. The SMILES string of the molecule is CO/N=C(/Cn1cc[n+](C)c1)c1ccc(C)cc1. The van der Waals surface area contributed by atoms with Crippen LogP contribution < -0.4 is 4.57 Å². The van der Waals surface area contributed by atoms with Crippen molar-refractivity contribution in [1.82, 2.24) is 4.57 Å². The molecule has 2 aromatic rings. The molecule has 4 heteroatoms. The zero-order valence-corrected chi connectivity index (χ0v) is 11.0. The summed E-state index contributed by atoms with van der Waals surface area (Å²) in [5.74, 6) is 0. The summed E-state index contributed by atoms with van der Waals surface area (Å²) in [5, 5.41) is 4.12. The Kier molecular flexibility index (Phi) is 3.77. The molecule has 0 unspecified atom stereocenters. The van der Waals surface area contributed by atoms with Gasteiger partial charge in [-0.3, -0.25) is 0 Å². The molecule has 0 radical (unpaired) electrons. The van der Waals surface area contributed by atoms with Gasteiger partial charge in [0.2, 0.25) is 6.33 Å². The summed E-state index contributed by atoms with van der Waals surface area (Å²) in [7, 11) is 3.57. The summed E-state index contributed by atoms with van der Waals surface area (Å²) in [6.45, 7) is 2.76. The first-order chi connectivity index (χ1) is 8.69. The minimum absolute atomic E-state index is 0.692. The second-order valence-electron chi connectivity index (χ2n) is 4.34. The van der Waals surface area contributed by atoms with Crippen molar-refractivity contribution in [2.24, 2.45) is 12.2 Å². The lowest BCUT2D eigenvalue weighted by molar-refractivity contribution is -0.671. The quantitative estimate of drug-likeness (QED) is 0.457. The van der Waals surface area contributed by atoms with Crippen LogP contribution in [0.1, 0.15) is 11.1 Å². The molecule has 2 rings (SSSR count). The molecule has 0 aliphatic carbocycles. The number of nitrogens with zero attached hydrogens (tertiary/aromatic N) is 3. The summed E-state index contributed by atoms with van der Waals surface area (Å²) in [5.41, 5.74) is 3.23. The first-order valence-electron chi connectivity index (χ1n) is 5.87. The highest BCUT2D eigenvalue weighted by Gasteiger charge is 2.09. The fraction of sp³-hybridized carbons (Fsp3) is 0.286. The van der Waals surface area contributed by atoms with Gasteiger partial charge in [-0.15, -0.1) is 0 Å². The van der Waals surface area contributed by atoms with Crippen LogP contribution in [-0.4, -0.2) is 17.4 Å². The molecule has 1 aromatic heterocycles. The predicted molar refractivity (Wildman–Crippen MR) is 70.3 cm³/mol. The zero-order valence-electron chi connectivity index (χ0n) is 11.0. The molecule has 1 aromatic carbocycles. The lowest BCUT2D eigenvalue weighted by atomic mass is 10.1. The molecular weight excluding hydrogens is 226 g/mol. The number of aromatic nitrogens is 2. The first-order valence-corrected chi connectivity index (χ1v) is 5.87. The number of aryl methyl sites for hydroxylation is 2. The van der Waals surface area contributed by atoms with E-state index in [0.717, 1.165) is 11.3 Å². The third-order valence-corrected chi connectivity index (χ3v) is 2.74. The van der Waals surface area contributed by atoms with Gasteiger partial charge in [-0.25, -0.2) is 9.13 Å². The van der Waals surface area contributed by atoms with E-state index < -0.39 is 0 Å². The Bertz CT molecular complexity index is 540. The highest BCUT2D eigenvalue weighted by Crippen LogP contribution is 2.07. The number of rotatable bonds is 4. The predicted octanol–water partition coefficient (Wildman–Crippen LogP) is 1.67. The van der Waals surface area contributed by atoms with Crippen molar-refractivity contribution in [3.8, 4) is 0 Å². The van der Waals surface area contributed by atoms with Crippen molar-refractivity contribution in [2.45, 2.75) is 13.5 Å². The summed E-state index contributed by atoms with van der Waals surface area (Å²) in [6, 6.07) is 8.29.